The molecule has 2 N–H and O–H groups in total. The van der Waals surface area contributed by atoms with Crippen molar-refractivity contribution in [3.8, 4) is 33.6 Å². The average Bonchev–Trinajstić information content (AvgIpc) is 4.01. The number of amides is 2. The topological polar surface area (TPSA) is 114 Å². The standard InChI is InChI=1S/C40H40N8O2S/c1-46(2)36(30-8-4-3-5-9-30)40(50)48-21-7-11-35(48)38-42-23-32(45-38)29-18-14-27(15-19-29)26-12-16-28(17-13-26)31-22-41-37(44-31)34-10-6-20-47(34)39(49)33-24-51-25-43-33/h3-5,8-9,12-19,22-25,34-36H,6-7,10-11,20-21H2,1-2H3,(H,41,44)(H,42,45)/t34-,35-,36+/m0/s1. The number of benzene rings is 3. The van der Waals surface area contributed by atoms with Crippen LogP contribution in [-0.4, -0.2) is 78.6 Å². The molecule has 0 aliphatic carbocycles. The fraction of sp³-hybridized carbons (Fsp3) is 0.275. The number of H-pyrrole nitrogens is 2. The summed E-state index contributed by atoms with van der Waals surface area (Å²) in [7, 11) is 3.92. The van der Waals surface area contributed by atoms with Gasteiger partial charge >= 0.3 is 0 Å². The molecular formula is C40H40N8O2S. The number of hydrogen-bond donors (Lipinski definition) is 2. The molecule has 10 nitrogen and oxygen atoms in total. The number of rotatable bonds is 9. The summed E-state index contributed by atoms with van der Waals surface area (Å²) in [4.78, 5) is 53.4. The van der Waals surface area contributed by atoms with Gasteiger partial charge in [-0.3, -0.25) is 14.5 Å². The molecule has 11 heteroatoms. The molecule has 2 saturated heterocycles. The predicted molar refractivity (Wildman–Crippen MR) is 199 cm³/mol. The van der Waals surface area contributed by atoms with E-state index in [4.69, 9.17) is 4.98 Å². The van der Waals surface area contributed by atoms with Crippen molar-refractivity contribution in [2.75, 3.05) is 27.2 Å². The molecule has 5 heterocycles. The van der Waals surface area contributed by atoms with E-state index < -0.39 is 0 Å². The molecule has 2 fully saturated rings. The molecule has 3 aromatic heterocycles. The maximum absolute atomic E-state index is 13.9. The molecule has 0 bridgehead atoms. The van der Waals surface area contributed by atoms with E-state index in [1.54, 1.807) is 10.9 Å². The number of thiazole rings is 1. The van der Waals surface area contributed by atoms with Crippen LogP contribution in [-0.2, 0) is 4.79 Å². The zero-order valence-corrected chi connectivity index (χ0v) is 29.5. The normalized spacial score (nSPS) is 18.1. The Hall–Kier alpha value is -5.39. The highest BCUT2D eigenvalue weighted by atomic mass is 32.1. The van der Waals surface area contributed by atoms with Gasteiger partial charge in [0, 0.05) is 18.5 Å². The zero-order valence-electron chi connectivity index (χ0n) is 28.7. The highest BCUT2D eigenvalue weighted by Gasteiger charge is 2.37. The highest BCUT2D eigenvalue weighted by Crippen LogP contribution is 2.36. The van der Waals surface area contributed by atoms with Crippen LogP contribution in [0.1, 0.15) is 71.5 Å². The van der Waals surface area contributed by atoms with Gasteiger partial charge in [-0.15, -0.1) is 11.3 Å². The second-order valence-electron chi connectivity index (χ2n) is 13.5. The number of nitrogens with zero attached hydrogens (tertiary/aromatic N) is 6. The van der Waals surface area contributed by atoms with Crippen LogP contribution in [0.25, 0.3) is 33.6 Å². The lowest BCUT2D eigenvalue weighted by molar-refractivity contribution is -0.137. The molecule has 0 saturated carbocycles. The molecule has 2 aliphatic rings. The number of likely N-dealkylation sites (N-methyl/N-ethyl adjacent to an activating group) is 1. The maximum Gasteiger partial charge on any atom is 0.273 e. The van der Waals surface area contributed by atoms with Gasteiger partial charge in [0.1, 0.15) is 23.4 Å². The Morgan fingerprint density at radius 2 is 1.25 bits per heavy atom. The van der Waals surface area contributed by atoms with Crippen molar-refractivity contribution in [3.05, 3.63) is 125 Å². The fourth-order valence-corrected chi connectivity index (χ4v) is 8.04. The Morgan fingerprint density at radius 3 is 1.78 bits per heavy atom. The van der Waals surface area contributed by atoms with Gasteiger partial charge in [0.05, 0.1) is 41.4 Å². The molecule has 3 atom stereocenters. The van der Waals surface area contributed by atoms with Crippen molar-refractivity contribution < 1.29 is 9.59 Å². The number of aromatic nitrogens is 5. The lowest BCUT2D eigenvalue weighted by Crippen LogP contribution is -2.40. The molecular weight excluding hydrogens is 657 g/mol. The monoisotopic (exact) mass is 696 g/mol. The van der Waals surface area contributed by atoms with Gasteiger partial charge in [-0.25, -0.2) is 15.0 Å². The number of hydrogen-bond acceptors (Lipinski definition) is 7. The molecule has 51 heavy (non-hydrogen) atoms. The van der Waals surface area contributed by atoms with E-state index in [2.05, 4.69) is 68.5 Å². The third-order valence-electron chi connectivity index (χ3n) is 10.1. The van der Waals surface area contributed by atoms with Crippen LogP contribution >= 0.6 is 11.3 Å². The number of nitrogens with one attached hydrogen (secondary N) is 2. The van der Waals surface area contributed by atoms with Gasteiger partial charge in [0.15, 0.2) is 0 Å². The van der Waals surface area contributed by atoms with Crippen molar-refractivity contribution in [1.29, 1.82) is 0 Å². The highest BCUT2D eigenvalue weighted by molar-refractivity contribution is 7.07. The van der Waals surface area contributed by atoms with Crippen molar-refractivity contribution in [2.45, 2.75) is 43.8 Å². The van der Waals surface area contributed by atoms with E-state index >= 15 is 0 Å². The number of imidazole rings is 2. The average molecular weight is 697 g/mol. The third kappa shape index (κ3) is 6.50. The van der Waals surface area contributed by atoms with Crippen molar-refractivity contribution in [1.82, 2.24) is 39.6 Å². The SMILES string of the molecule is CN(C)[C@@H](C(=O)N1CCC[C@H]1c1ncc(-c2ccc(-c3ccc(-c4cnc([C@@H]5CCCN5C(=O)c5cscn5)[nH]4)cc3)cc2)[nH]1)c1ccccc1. The summed E-state index contributed by atoms with van der Waals surface area (Å²) in [5.41, 5.74) is 9.35. The van der Waals surface area contributed by atoms with Gasteiger partial charge in [-0.05, 0) is 67.6 Å². The minimum atomic E-state index is -0.339. The van der Waals surface area contributed by atoms with Crippen LogP contribution in [0.5, 0.6) is 0 Å². The first kappa shape index (κ1) is 32.8. The minimum absolute atomic E-state index is 0.0372. The number of carbonyl (C=O) groups excluding carboxylic acids is 2. The Morgan fingerprint density at radius 1 is 0.725 bits per heavy atom. The van der Waals surface area contributed by atoms with E-state index in [1.165, 1.54) is 11.3 Å². The lowest BCUT2D eigenvalue weighted by Gasteiger charge is -2.31. The lowest BCUT2D eigenvalue weighted by atomic mass is 10.0. The summed E-state index contributed by atoms with van der Waals surface area (Å²) in [5.74, 6) is 1.71. The van der Waals surface area contributed by atoms with Crippen LogP contribution in [0.4, 0.5) is 0 Å². The predicted octanol–water partition coefficient (Wildman–Crippen LogP) is 7.53. The first-order valence-electron chi connectivity index (χ1n) is 17.5. The molecule has 258 valence electrons. The van der Waals surface area contributed by atoms with Gasteiger partial charge in [0.2, 0.25) is 5.91 Å². The van der Waals surface area contributed by atoms with Crippen LogP contribution < -0.4 is 0 Å². The van der Waals surface area contributed by atoms with E-state index in [0.29, 0.717) is 12.2 Å². The Balaban J connectivity index is 0.937. The quantitative estimate of drug-likeness (QED) is 0.162. The third-order valence-corrected chi connectivity index (χ3v) is 10.7. The van der Waals surface area contributed by atoms with Crippen LogP contribution in [0.3, 0.4) is 0 Å². The van der Waals surface area contributed by atoms with Crippen LogP contribution in [0, 0.1) is 0 Å². The van der Waals surface area contributed by atoms with E-state index in [1.807, 2.05) is 71.5 Å². The first-order chi connectivity index (χ1) is 24.9. The molecule has 0 spiro atoms. The molecule has 2 aliphatic heterocycles. The molecule has 0 unspecified atom stereocenters. The summed E-state index contributed by atoms with van der Waals surface area (Å²) < 4.78 is 0. The van der Waals surface area contributed by atoms with Crippen LogP contribution in [0.2, 0.25) is 0 Å². The van der Waals surface area contributed by atoms with Crippen molar-refractivity contribution in [2.24, 2.45) is 0 Å². The molecule has 0 radical (unpaired) electrons. The molecule has 6 aromatic rings. The number of aromatic amines is 2. The fourth-order valence-electron chi connectivity index (χ4n) is 7.52. The Labute approximate surface area is 301 Å². The molecule has 8 rings (SSSR count). The van der Waals surface area contributed by atoms with Crippen molar-refractivity contribution in [3.63, 3.8) is 0 Å². The van der Waals surface area contributed by atoms with Crippen molar-refractivity contribution >= 4 is 23.2 Å². The van der Waals surface area contributed by atoms with Crippen LogP contribution in [0.15, 0.2) is 102 Å². The minimum Gasteiger partial charge on any atom is -0.340 e. The molecule has 3 aromatic carbocycles. The van der Waals surface area contributed by atoms with Gasteiger partial charge in [-0.1, -0.05) is 78.9 Å². The van der Waals surface area contributed by atoms with E-state index in [0.717, 1.165) is 83.1 Å². The largest absolute Gasteiger partial charge is 0.340 e. The zero-order chi connectivity index (χ0) is 34.9. The number of likely N-dealkylation sites (tertiary alicyclic amines) is 2. The van der Waals surface area contributed by atoms with E-state index in [-0.39, 0.29) is 29.9 Å². The van der Waals surface area contributed by atoms with Gasteiger partial charge in [-0.2, -0.15) is 0 Å². The molecule has 2 amide bonds. The summed E-state index contributed by atoms with van der Waals surface area (Å²) >= 11 is 1.43. The summed E-state index contributed by atoms with van der Waals surface area (Å²) in [6.45, 7) is 1.43. The first-order valence-corrected chi connectivity index (χ1v) is 18.4. The summed E-state index contributed by atoms with van der Waals surface area (Å²) in [6, 6.07) is 26.4. The second-order valence-corrected chi connectivity index (χ2v) is 14.2. The second kappa shape index (κ2) is 14.1. The Kier molecular flexibility index (Phi) is 9.06. The number of carbonyl (C=O) groups is 2. The smallest absolute Gasteiger partial charge is 0.273 e. The van der Waals surface area contributed by atoms with Gasteiger partial charge < -0.3 is 19.8 Å². The summed E-state index contributed by atoms with van der Waals surface area (Å²) in [5, 5.41) is 1.80. The summed E-state index contributed by atoms with van der Waals surface area (Å²) in [6.07, 6.45) is 7.38. The van der Waals surface area contributed by atoms with E-state index in [9.17, 15) is 9.59 Å². The van der Waals surface area contributed by atoms with Gasteiger partial charge in [0.25, 0.3) is 5.91 Å². The Bertz CT molecular complexity index is 2110. The maximum atomic E-state index is 13.9.